The molecular weight excluding hydrogens is 770 g/mol. The van der Waals surface area contributed by atoms with Crippen molar-refractivity contribution in [3.8, 4) is 11.5 Å². The summed E-state index contributed by atoms with van der Waals surface area (Å²) < 4.78 is 12.9. The Labute approximate surface area is 336 Å². The van der Waals surface area contributed by atoms with Crippen molar-refractivity contribution in [3.05, 3.63) is 153 Å². The van der Waals surface area contributed by atoms with Crippen molar-refractivity contribution in [1.29, 1.82) is 0 Å². The predicted octanol–water partition coefficient (Wildman–Crippen LogP) is 8.75. The maximum Gasteiger partial charge on any atom is 0.265 e. The number of amides is 2. The molecule has 0 aliphatic carbocycles. The van der Waals surface area contributed by atoms with Crippen LogP contribution in [0.1, 0.15) is 67.8 Å². The van der Waals surface area contributed by atoms with Gasteiger partial charge in [0.1, 0.15) is 11.5 Å². The number of nitrogens with zero attached hydrogens (tertiary/aromatic N) is 2. The molecule has 0 atom stereocenters. The fraction of sp³-hybridized carbons (Fsp3) is 0.261. The Hall–Kier alpha value is -5.58. The third-order valence-electron chi connectivity index (χ3n) is 9.91. The number of aryl methyl sites for hydroxylation is 3. The van der Waals surface area contributed by atoms with E-state index in [4.69, 9.17) is 9.47 Å². The molecule has 1 aliphatic heterocycles. The van der Waals surface area contributed by atoms with Crippen molar-refractivity contribution < 1.29 is 28.7 Å². The Morgan fingerprint density at radius 1 is 0.661 bits per heavy atom. The first-order chi connectivity index (χ1) is 27.1. The first-order valence-corrected chi connectivity index (χ1v) is 19.7. The summed E-state index contributed by atoms with van der Waals surface area (Å²) in [7, 11) is 0. The molecule has 1 N–H and O–H groups in total. The van der Waals surface area contributed by atoms with Gasteiger partial charge in [0.15, 0.2) is 24.8 Å². The summed E-state index contributed by atoms with van der Waals surface area (Å²) in [4.78, 5) is 57.7. The summed E-state index contributed by atoms with van der Waals surface area (Å²) >= 11 is 3.40. The number of likely N-dealkylation sites (tertiary alicyclic amines) is 1. The number of carbonyl (C=O) groups is 4. The van der Waals surface area contributed by atoms with E-state index in [9.17, 15) is 19.2 Å². The van der Waals surface area contributed by atoms with Crippen molar-refractivity contribution in [2.24, 2.45) is 0 Å². The fourth-order valence-corrected chi connectivity index (χ4v) is 7.09. The van der Waals surface area contributed by atoms with Gasteiger partial charge in [-0.25, -0.2) is 0 Å². The van der Waals surface area contributed by atoms with Gasteiger partial charge in [0, 0.05) is 39.8 Å². The van der Waals surface area contributed by atoms with E-state index in [1.54, 1.807) is 65.6 Å². The number of benzene rings is 5. The lowest BCUT2D eigenvalue weighted by Gasteiger charge is -2.31. The van der Waals surface area contributed by atoms with Crippen LogP contribution in [0.2, 0.25) is 0 Å². The molecule has 6 rings (SSSR count). The van der Waals surface area contributed by atoms with Gasteiger partial charge in [-0.05, 0) is 130 Å². The van der Waals surface area contributed by atoms with Gasteiger partial charge >= 0.3 is 0 Å². The van der Waals surface area contributed by atoms with Crippen LogP contribution in [0.3, 0.4) is 0 Å². The molecule has 1 fully saturated rings. The molecule has 0 bridgehead atoms. The van der Waals surface area contributed by atoms with Crippen LogP contribution < -0.4 is 19.7 Å². The minimum absolute atomic E-state index is 0.0705. The third-order valence-corrected chi connectivity index (χ3v) is 10.4. The molecule has 0 saturated carbocycles. The van der Waals surface area contributed by atoms with Crippen molar-refractivity contribution in [2.75, 3.05) is 49.6 Å². The molecule has 1 heterocycles. The minimum atomic E-state index is -0.400. The molecule has 0 radical (unpaired) electrons. The first-order valence-electron chi connectivity index (χ1n) is 18.9. The number of nitrogens with one attached hydrogen (secondary N) is 1. The second kappa shape index (κ2) is 18.8. The lowest BCUT2D eigenvalue weighted by atomic mass is 9.97. The summed E-state index contributed by atoms with van der Waals surface area (Å²) in [5.74, 6) is 0.164. The van der Waals surface area contributed by atoms with Gasteiger partial charge < -0.3 is 24.6 Å². The Morgan fingerprint density at radius 3 is 2.04 bits per heavy atom. The zero-order valence-electron chi connectivity index (χ0n) is 32.0. The monoisotopic (exact) mass is 815 g/mol. The summed E-state index contributed by atoms with van der Waals surface area (Å²) in [6.45, 7) is 8.06. The smallest absolute Gasteiger partial charge is 0.265 e. The second-order valence-electron chi connectivity index (χ2n) is 14.0. The van der Waals surface area contributed by atoms with E-state index in [-0.39, 0.29) is 30.7 Å². The van der Waals surface area contributed by atoms with Crippen molar-refractivity contribution in [1.82, 2.24) is 4.90 Å². The van der Waals surface area contributed by atoms with E-state index in [1.807, 2.05) is 69.3 Å². The molecule has 10 heteroatoms. The number of anilines is 2. The second-order valence-corrected chi connectivity index (χ2v) is 15.0. The number of ketones is 2. The van der Waals surface area contributed by atoms with Gasteiger partial charge in [0.05, 0.1) is 11.4 Å². The van der Waals surface area contributed by atoms with Crippen molar-refractivity contribution in [2.45, 2.75) is 40.0 Å². The molecule has 2 amide bonds. The molecule has 5 aromatic rings. The number of piperidine rings is 1. The normalized spacial score (nSPS) is 12.8. The highest BCUT2D eigenvalue weighted by Gasteiger charge is 2.23. The summed E-state index contributed by atoms with van der Waals surface area (Å²) in [6.07, 6.45) is 3.44. The fourth-order valence-electron chi connectivity index (χ4n) is 6.82. The van der Waals surface area contributed by atoms with Crippen molar-refractivity contribution in [3.63, 3.8) is 0 Å². The molecule has 1 saturated heterocycles. The van der Waals surface area contributed by atoms with Crippen LogP contribution in [-0.4, -0.2) is 67.7 Å². The van der Waals surface area contributed by atoms with Crippen molar-refractivity contribution >= 4 is 50.7 Å². The number of halogens is 1. The minimum Gasteiger partial charge on any atom is -0.483 e. The van der Waals surface area contributed by atoms with Crippen LogP contribution in [0.5, 0.6) is 11.5 Å². The highest BCUT2D eigenvalue weighted by atomic mass is 79.9. The summed E-state index contributed by atoms with van der Waals surface area (Å²) in [5, 5.41) is 2.95. The number of hydrogen-bond donors (Lipinski definition) is 1. The molecule has 5 aromatic carbocycles. The molecular formula is C46H46BrN3O6. The van der Waals surface area contributed by atoms with Gasteiger partial charge in [0.25, 0.3) is 11.8 Å². The first kappa shape index (κ1) is 40.1. The van der Waals surface area contributed by atoms with E-state index in [2.05, 4.69) is 26.1 Å². The quantitative estimate of drug-likeness (QED) is 0.105. The summed E-state index contributed by atoms with van der Waals surface area (Å²) in [6, 6.07) is 32.3. The van der Waals surface area contributed by atoms with E-state index in [1.165, 1.54) is 6.42 Å². The number of para-hydroxylation sites is 2. The standard InChI is InChI=1S/C46H46BrN3O6/c1-31-28-42(33(3)27-38(31)46(54)34-12-6-4-7-13-34)56-30-44(52)50(25-24-49-22-10-5-11-23-49)40-15-9-8-14-39(40)48-43(51)29-55-41-21-18-36(26-32(41)2)45(53)35-16-19-37(47)20-17-35/h4,6-9,12-21,26-28H,5,10-11,22-25,29-30H2,1-3H3,(H,48,51). The average Bonchev–Trinajstić information content (AvgIpc) is 3.21. The van der Waals surface area contributed by atoms with E-state index < -0.39 is 5.91 Å². The Kier molecular flexibility index (Phi) is 13.5. The highest BCUT2D eigenvalue weighted by Crippen LogP contribution is 2.29. The van der Waals surface area contributed by atoms with E-state index >= 15 is 0 Å². The Morgan fingerprint density at radius 2 is 1.30 bits per heavy atom. The largest absolute Gasteiger partial charge is 0.483 e. The SMILES string of the molecule is Cc1cc(C(=O)c2ccc(Br)cc2)ccc1OCC(=O)Nc1ccccc1N(CCN1CCCCC1)C(=O)COc1cc(C)c(C(=O)c2ccccc2)cc1C. The van der Waals surface area contributed by atoms with Gasteiger partial charge in [-0.1, -0.05) is 64.8 Å². The van der Waals surface area contributed by atoms with Gasteiger partial charge in [-0.3, -0.25) is 19.2 Å². The highest BCUT2D eigenvalue weighted by molar-refractivity contribution is 9.10. The Balaban J connectivity index is 1.14. The number of carbonyl (C=O) groups excluding carboxylic acids is 4. The molecule has 0 aromatic heterocycles. The third kappa shape index (κ3) is 10.2. The van der Waals surface area contributed by atoms with E-state index in [0.717, 1.165) is 47.1 Å². The van der Waals surface area contributed by atoms with Crippen LogP contribution >= 0.6 is 15.9 Å². The molecule has 9 nitrogen and oxygen atoms in total. The van der Waals surface area contributed by atoms with E-state index in [0.29, 0.717) is 58.2 Å². The zero-order valence-corrected chi connectivity index (χ0v) is 33.6. The zero-order chi connectivity index (χ0) is 39.6. The molecule has 0 unspecified atom stereocenters. The lowest BCUT2D eigenvalue weighted by molar-refractivity contribution is -0.121. The van der Waals surface area contributed by atoms with Gasteiger partial charge in [-0.15, -0.1) is 0 Å². The molecule has 1 aliphatic rings. The van der Waals surface area contributed by atoms with Crippen LogP contribution in [0.4, 0.5) is 11.4 Å². The van der Waals surface area contributed by atoms with Crippen LogP contribution in [0.15, 0.2) is 114 Å². The Bertz CT molecular complexity index is 2200. The molecule has 0 spiro atoms. The van der Waals surface area contributed by atoms with Gasteiger partial charge in [-0.2, -0.15) is 0 Å². The van der Waals surface area contributed by atoms with Gasteiger partial charge in [0.2, 0.25) is 0 Å². The van der Waals surface area contributed by atoms with Crippen LogP contribution in [-0.2, 0) is 9.59 Å². The topological polar surface area (TPSA) is 105 Å². The maximum atomic E-state index is 14.1. The number of ether oxygens (including phenoxy) is 2. The maximum absolute atomic E-state index is 14.1. The van der Waals surface area contributed by atoms with Crippen LogP contribution in [0, 0.1) is 20.8 Å². The number of rotatable bonds is 15. The average molecular weight is 817 g/mol. The van der Waals surface area contributed by atoms with Crippen LogP contribution in [0.25, 0.3) is 0 Å². The summed E-state index contributed by atoms with van der Waals surface area (Å²) in [5.41, 5.74) is 5.53. The number of hydrogen-bond acceptors (Lipinski definition) is 7. The predicted molar refractivity (Wildman–Crippen MR) is 223 cm³/mol. The molecule has 288 valence electrons. The lowest BCUT2D eigenvalue weighted by Crippen LogP contribution is -2.42. The molecule has 56 heavy (non-hydrogen) atoms.